The molecule has 0 saturated carbocycles. The Hall–Kier alpha value is -0.220. The average molecular weight is 245 g/mol. The third-order valence-electron chi connectivity index (χ3n) is 3.88. The van der Waals surface area contributed by atoms with Crippen molar-refractivity contribution in [3.05, 3.63) is 0 Å². The summed E-state index contributed by atoms with van der Waals surface area (Å²) in [6.45, 7) is 4.27. The topological polar surface area (TPSA) is 40.5 Å². The molecule has 1 saturated heterocycles. The maximum Gasteiger partial charge on any atom is 0.324 e. The smallest absolute Gasteiger partial charge is 0.324 e. The van der Waals surface area contributed by atoms with Crippen LogP contribution in [0.3, 0.4) is 0 Å². The molecule has 3 nitrogen and oxygen atoms in total. The lowest BCUT2D eigenvalue weighted by Gasteiger charge is -2.44. The summed E-state index contributed by atoms with van der Waals surface area (Å²) < 4.78 is 0. The highest BCUT2D eigenvalue weighted by atomic mass is 32.2. The van der Waals surface area contributed by atoms with Gasteiger partial charge in [-0.3, -0.25) is 9.69 Å². The lowest BCUT2D eigenvalue weighted by Crippen LogP contribution is -2.58. The number of thioether (sulfide) groups is 1. The number of hydrogen-bond donors (Lipinski definition) is 1. The second-order valence-corrected chi connectivity index (χ2v) is 5.76. The highest BCUT2D eigenvalue weighted by Gasteiger charge is 2.45. The summed E-state index contributed by atoms with van der Waals surface area (Å²) in [4.78, 5) is 13.7. The second-order valence-electron chi connectivity index (χ2n) is 4.53. The van der Waals surface area contributed by atoms with Gasteiger partial charge >= 0.3 is 5.97 Å². The summed E-state index contributed by atoms with van der Waals surface area (Å²) in [6.07, 6.45) is 3.60. The van der Waals surface area contributed by atoms with Crippen LogP contribution in [0.1, 0.15) is 39.5 Å². The number of likely N-dealkylation sites (N-methyl/N-ethyl adjacent to an activating group) is 1. The van der Waals surface area contributed by atoms with E-state index in [0.29, 0.717) is 6.04 Å². The van der Waals surface area contributed by atoms with Crippen molar-refractivity contribution in [2.45, 2.75) is 51.1 Å². The summed E-state index contributed by atoms with van der Waals surface area (Å²) in [5.74, 6) is 1.30. The summed E-state index contributed by atoms with van der Waals surface area (Å²) in [5, 5.41) is 9.55. The summed E-state index contributed by atoms with van der Waals surface area (Å²) in [7, 11) is 1.99. The SMILES string of the molecule is CCC(CC)N(C)C1(C(=O)O)CCSCC1. The molecule has 0 aromatic carbocycles. The normalized spacial score (nSPS) is 20.3. The molecule has 1 N–H and O–H groups in total. The Morgan fingerprint density at radius 1 is 1.38 bits per heavy atom. The molecule has 1 heterocycles. The molecular weight excluding hydrogens is 222 g/mol. The molecule has 0 atom stereocenters. The van der Waals surface area contributed by atoms with Crippen LogP contribution in [0.5, 0.6) is 0 Å². The van der Waals surface area contributed by atoms with Gasteiger partial charge in [0.15, 0.2) is 0 Å². The van der Waals surface area contributed by atoms with E-state index in [9.17, 15) is 9.90 Å². The summed E-state index contributed by atoms with van der Waals surface area (Å²) in [6, 6.07) is 0.388. The fourth-order valence-electron chi connectivity index (χ4n) is 2.61. The molecule has 1 fully saturated rings. The fourth-order valence-corrected chi connectivity index (χ4v) is 3.78. The van der Waals surface area contributed by atoms with Crippen LogP contribution in [0.4, 0.5) is 0 Å². The number of carboxylic acid groups (broad SMARTS) is 1. The molecule has 1 aliphatic heterocycles. The van der Waals surface area contributed by atoms with E-state index in [0.717, 1.165) is 37.2 Å². The quantitative estimate of drug-likeness (QED) is 0.808. The zero-order valence-electron chi connectivity index (χ0n) is 10.5. The Balaban J connectivity index is 2.87. The molecular formula is C12H23NO2S. The van der Waals surface area contributed by atoms with E-state index in [4.69, 9.17) is 0 Å². The third kappa shape index (κ3) is 2.54. The van der Waals surface area contributed by atoms with Gasteiger partial charge < -0.3 is 5.11 Å². The molecule has 16 heavy (non-hydrogen) atoms. The molecule has 0 unspecified atom stereocenters. The number of carboxylic acids is 1. The lowest BCUT2D eigenvalue weighted by atomic mass is 9.88. The number of hydrogen-bond acceptors (Lipinski definition) is 3. The first-order valence-corrected chi connectivity index (χ1v) is 7.28. The van der Waals surface area contributed by atoms with Crippen molar-refractivity contribution in [2.75, 3.05) is 18.6 Å². The number of rotatable bonds is 5. The number of carbonyl (C=O) groups is 1. The van der Waals surface area contributed by atoms with Crippen LogP contribution in [0.15, 0.2) is 0 Å². The molecule has 0 aliphatic carbocycles. The second kappa shape index (κ2) is 5.92. The van der Waals surface area contributed by atoms with Crippen LogP contribution >= 0.6 is 11.8 Å². The van der Waals surface area contributed by atoms with Gasteiger partial charge in [-0.2, -0.15) is 11.8 Å². The fraction of sp³-hybridized carbons (Fsp3) is 0.917. The minimum Gasteiger partial charge on any atom is -0.480 e. The highest BCUT2D eigenvalue weighted by molar-refractivity contribution is 7.99. The standard InChI is InChI=1S/C12H23NO2S/c1-4-10(5-2)13(3)12(11(14)15)6-8-16-9-7-12/h10H,4-9H2,1-3H3,(H,14,15). The maximum atomic E-state index is 11.6. The Morgan fingerprint density at radius 3 is 2.25 bits per heavy atom. The molecule has 0 spiro atoms. The minimum absolute atomic E-state index is 0.388. The van der Waals surface area contributed by atoms with Crippen molar-refractivity contribution in [3.8, 4) is 0 Å². The van der Waals surface area contributed by atoms with Gasteiger partial charge in [-0.25, -0.2) is 0 Å². The van der Waals surface area contributed by atoms with Gasteiger partial charge in [0.1, 0.15) is 5.54 Å². The van der Waals surface area contributed by atoms with Crippen molar-refractivity contribution in [2.24, 2.45) is 0 Å². The van der Waals surface area contributed by atoms with Crippen molar-refractivity contribution < 1.29 is 9.90 Å². The van der Waals surface area contributed by atoms with Crippen LogP contribution < -0.4 is 0 Å². The van der Waals surface area contributed by atoms with E-state index >= 15 is 0 Å². The molecule has 0 aromatic heterocycles. The Kier molecular flexibility index (Phi) is 5.12. The van der Waals surface area contributed by atoms with Crippen molar-refractivity contribution in [3.63, 3.8) is 0 Å². The van der Waals surface area contributed by atoms with E-state index in [2.05, 4.69) is 18.7 Å². The van der Waals surface area contributed by atoms with Crippen LogP contribution in [-0.2, 0) is 4.79 Å². The van der Waals surface area contributed by atoms with Crippen LogP contribution in [0.2, 0.25) is 0 Å². The number of nitrogens with zero attached hydrogens (tertiary/aromatic N) is 1. The van der Waals surface area contributed by atoms with E-state index in [1.165, 1.54) is 0 Å². The summed E-state index contributed by atoms with van der Waals surface area (Å²) in [5.41, 5.74) is -0.609. The van der Waals surface area contributed by atoms with Gasteiger partial charge in [0.05, 0.1) is 0 Å². The van der Waals surface area contributed by atoms with Gasteiger partial charge in [-0.05, 0) is 44.2 Å². The predicted molar refractivity (Wildman–Crippen MR) is 69.1 cm³/mol. The van der Waals surface area contributed by atoms with E-state index in [1.807, 2.05) is 18.8 Å². The van der Waals surface area contributed by atoms with Gasteiger partial charge in [0.25, 0.3) is 0 Å². The van der Waals surface area contributed by atoms with Gasteiger partial charge in [0.2, 0.25) is 0 Å². The zero-order valence-corrected chi connectivity index (χ0v) is 11.3. The van der Waals surface area contributed by atoms with Crippen LogP contribution in [-0.4, -0.2) is 46.1 Å². The maximum absolute atomic E-state index is 11.6. The van der Waals surface area contributed by atoms with Crippen molar-refractivity contribution >= 4 is 17.7 Å². The molecule has 4 heteroatoms. The number of aliphatic carboxylic acids is 1. The highest BCUT2D eigenvalue weighted by Crippen LogP contribution is 2.34. The van der Waals surface area contributed by atoms with Crippen molar-refractivity contribution in [1.29, 1.82) is 0 Å². The first-order valence-electron chi connectivity index (χ1n) is 6.12. The van der Waals surface area contributed by atoms with Gasteiger partial charge in [-0.15, -0.1) is 0 Å². The minimum atomic E-state index is -0.637. The lowest BCUT2D eigenvalue weighted by molar-refractivity contribution is -0.153. The molecule has 0 amide bonds. The third-order valence-corrected chi connectivity index (χ3v) is 4.87. The largest absolute Gasteiger partial charge is 0.480 e. The van der Waals surface area contributed by atoms with Gasteiger partial charge in [-0.1, -0.05) is 13.8 Å². The van der Waals surface area contributed by atoms with E-state index < -0.39 is 11.5 Å². The molecule has 0 bridgehead atoms. The molecule has 1 rings (SSSR count). The van der Waals surface area contributed by atoms with Crippen LogP contribution in [0.25, 0.3) is 0 Å². The van der Waals surface area contributed by atoms with Crippen molar-refractivity contribution in [1.82, 2.24) is 4.90 Å². The van der Waals surface area contributed by atoms with Gasteiger partial charge in [0, 0.05) is 6.04 Å². The van der Waals surface area contributed by atoms with Crippen LogP contribution in [0, 0.1) is 0 Å². The molecule has 0 aromatic rings. The molecule has 0 radical (unpaired) electrons. The predicted octanol–water partition coefficient (Wildman–Crippen LogP) is 2.46. The Bertz CT molecular complexity index is 235. The van der Waals surface area contributed by atoms with E-state index in [1.54, 1.807) is 0 Å². The zero-order chi connectivity index (χ0) is 12.2. The average Bonchev–Trinajstić information content (AvgIpc) is 2.31. The van der Waals surface area contributed by atoms with E-state index in [-0.39, 0.29) is 0 Å². The molecule has 1 aliphatic rings. The molecule has 94 valence electrons. The first kappa shape index (κ1) is 13.8. The summed E-state index contributed by atoms with van der Waals surface area (Å²) >= 11 is 1.87. The Labute approximate surface area is 103 Å². The monoisotopic (exact) mass is 245 g/mol. The Morgan fingerprint density at radius 2 is 1.88 bits per heavy atom. The first-order chi connectivity index (χ1) is 7.58.